The first-order valence-electron chi connectivity index (χ1n) is 5.49. The lowest BCUT2D eigenvalue weighted by atomic mass is 10.2. The second-order valence-electron chi connectivity index (χ2n) is 3.88. The van der Waals surface area contributed by atoms with Gasteiger partial charge in [-0.1, -0.05) is 5.21 Å². The maximum atomic E-state index is 10.7. The van der Waals surface area contributed by atoms with Crippen LogP contribution in [0.3, 0.4) is 0 Å². The summed E-state index contributed by atoms with van der Waals surface area (Å²) in [5.74, 6) is 0.668. The molecule has 0 amide bonds. The van der Waals surface area contributed by atoms with Crippen LogP contribution in [0.4, 0.5) is 0 Å². The minimum absolute atomic E-state index is 0.630. The van der Waals surface area contributed by atoms with E-state index in [2.05, 4.69) is 25.6 Å². The maximum absolute atomic E-state index is 10.7. The number of carbonyl (C=O) groups excluding carboxylic acids is 1. The molecule has 7 heteroatoms. The molecule has 7 nitrogen and oxygen atoms in total. The number of aldehydes is 1. The maximum Gasteiger partial charge on any atom is 0.176 e. The highest BCUT2D eigenvalue weighted by Gasteiger charge is 2.05. The number of H-pyrrole nitrogens is 1. The smallest absolute Gasteiger partial charge is 0.176 e. The molecule has 0 saturated carbocycles. The van der Waals surface area contributed by atoms with Crippen LogP contribution in [0.2, 0.25) is 0 Å². The Labute approximate surface area is 102 Å². The van der Waals surface area contributed by atoms with Gasteiger partial charge in [0.25, 0.3) is 0 Å². The largest absolute Gasteiger partial charge is 0.330 e. The second-order valence-corrected chi connectivity index (χ2v) is 3.88. The van der Waals surface area contributed by atoms with Gasteiger partial charge in [0.2, 0.25) is 0 Å². The Kier molecular flexibility index (Phi) is 2.56. The van der Waals surface area contributed by atoms with E-state index in [0.717, 1.165) is 23.9 Å². The van der Waals surface area contributed by atoms with E-state index in [1.807, 2.05) is 10.6 Å². The fourth-order valence-corrected chi connectivity index (χ4v) is 1.84. The summed E-state index contributed by atoms with van der Waals surface area (Å²) >= 11 is 0. The van der Waals surface area contributed by atoms with Crippen molar-refractivity contribution in [2.24, 2.45) is 0 Å². The Bertz CT molecular complexity index is 672. The molecule has 2 aromatic heterocycles. The van der Waals surface area contributed by atoms with E-state index in [1.54, 1.807) is 18.5 Å². The van der Waals surface area contributed by atoms with E-state index in [1.165, 1.54) is 0 Å². The van der Waals surface area contributed by atoms with Crippen molar-refractivity contribution in [3.8, 4) is 0 Å². The van der Waals surface area contributed by atoms with E-state index in [0.29, 0.717) is 17.8 Å². The molecule has 1 N–H and O–H groups in total. The molecule has 0 atom stereocenters. The van der Waals surface area contributed by atoms with Crippen LogP contribution in [-0.4, -0.2) is 36.5 Å². The van der Waals surface area contributed by atoms with Crippen molar-refractivity contribution >= 4 is 17.3 Å². The number of nitrogens with one attached hydrogen (secondary N) is 1. The molecule has 1 aromatic carbocycles. The van der Waals surface area contributed by atoms with Crippen LogP contribution in [0, 0.1) is 0 Å². The van der Waals surface area contributed by atoms with Crippen LogP contribution in [0.15, 0.2) is 24.5 Å². The number of hydrogen-bond acceptors (Lipinski definition) is 5. The molecule has 2 heterocycles. The number of rotatable bonds is 4. The zero-order chi connectivity index (χ0) is 12.4. The lowest BCUT2D eigenvalue weighted by Gasteiger charge is -2.01. The number of aryl methyl sites for hydroxylation is 2. The fourth-order valence-electron chi connectivity index (χ4n) is 1.84. The van der Waals surface area contributed by atoms with Crippen molar-refractivity contribution in [2.45, 2.75) is 13.0 Å². The zero-order valence-corrected chi connectivity index (χ0v) is 9.45. The molecule has 0 unspecified atom stereocenters. The van der Waals surface area contributed by atoms with Crippen LogP contribution in [0.25, 0.3) is 11.0 Å². The summed E-state index contributed by atoms with van der Waals surface area (Å²) in [6.45, 7) is 0.719. The van der Waals surface area contributed by atoms with Crippen molar-refractivity contribution in [3.63, 3.8) is 0 Å². The van der Waals surface area contributed by atoms with Gasteiger partial charge in [-0.2, -0.15) is 5.21 Å². The van der Waals surface area contributed by atoms with Crippen molar-refractivity contribution in [3.05, 3.63) is 35.9 Å². The van der Waals surface area contributed by atoms with Gasteiger partial charge < -0.3 is 4.57 Å². The number of hydrogen-bond donors (Lipinski definition) is 1. The van der Waals surface area contributed by atoms with Gasteiger partial charge in [-0.3, -0.25) is 4.79 Å². The van der Waals surface area contributed by atoms with Gasteiger partial charge >= 0.3 is 0 Å². The molecule has 0 spiro atoms. The molecule has 0 aliphatic rings. The Balaban J connectivity index is 1.86. The van der Waals surface area contributed by atoms with Crippen molar-refractivity contribution in [2.75, 3.05) is 0 Å². The molecular formula is C11H10N6O. The van der Waals surface area contributed by atoms with Gasteiger partial charge in [-0.05, 0) is 18.2 Å². The Morgan fingerprint density at radius 2 is 2.33 bits per heavy atom. The molecule has 18 heavy (non-hydrogen) atoms. The van der Waals surface area contributed by atoms with Crippen LogP contribution in [0.5, 0.6) is 0 Å². The third kappa shape index (κ3) is 1.86. The second kappa shape index (κ2) is 4.36. The number of nitrogens with zero attached hydrogens (tertiary/aromatic N) is 5. The number of carbonyl (C=O) groups is 1. The first kappa shape index (κ1) is 10.6. The molecule has 0 radical (unpaired) electrons. The summed E-state index contributed by atoms with van der Waals surface area (Å²) in [4.78, 5) is 14.9. The van der Waals surface area contributed by atoms with Gasteiger partial charge in [0.1, 0.15) is 6.29 Å². The first-order chi connectivity index (χ1) is 8.86. The first-order valence-corrected chi connectivity index (χ1v) is 5.49. The molecule has 90 valence electrons. The number of aromatic nitrogens is 6. The third-order valence-corrected chi connectivity index (χ3v) is 2.75. The summed E-state index contributed by atoms with van der Waals surface area (Å²) in [6, 6.07) is 5.44. The number of imidazole rings is 1. The van der Waals surface area contributed by atoms with Crippen LogP contribution >= 0.6 is 0 Å². The zero-order valence-electron chi connectivity index (χ0n) is 9.45. The molecule has 0 fully saturated rings. The van der Waals surface area contributed by atoms with Crippen molar-refractivity contribution in [1.82, 2.24) is 30.2 Å². The minimum atomic E-state index is 0.630. The topological polar surface area (TPSA) is 89.4 Å². The fraction of sp³-hybridized carbons (Fsp3) is 0.182. The molecule has 0 aliphatic heterocycles. The molecule has 3 rings (SSSR count). The highest BCUT2D eigenvalue weighted by molar-refractivity contribution is 5.84. The summed E-state index contributed by atoms with van der Waals surface area (Å²) in [5.41, 5.74) is 2.43. The van der Waals surface area contributed by atoms with Gasteiger partial charge in [-0.15, -0.1) is 10.2 Å². The molecular weight excluding hydrogens is 232 g/mol. The quantitative estimate of drug-likeness (QED) is 0.677. The average Bonchev–Trinajstić information content (AvgIpc) is 3.05. The summed E-state index contributed by atoms with van der Waals surface area (Å²) in [7, 11) is 0. The lowest BCUT2D eigenvalue weighted by Crippen LogP contribution is -2.01. The highest BCUT2D eigenvalue weighted by atomic mass is 16.1. The summed E-state index contributed by atoms with van der Waals surface area (Å²) < 4.78 is 2.00. The summed E-state index contributed by atoms with van der Waals surface area (Å²) in [6.07, 6.45) is 3.24. The Morgan fingerprint density at radius 3 is 3.11 bits per heavy atom. The van der Waals surface area contributed by atoms with Gasteiger partial charge in [0, 0.05) is 18.5 Å². The van der Waals surface area contributed by atoms with Crippen molar-refractivity contribution < 1.29 is 4.79 Å². The van der Waals surface area contributed by atoms with E-state index in [4.69, 9.17) is 0 Å². The monoisotopic (exact) mass is 242 g/mol. The molecule has 0 aliphatic carbocycles. The van der Waals surface area contributed by atoms with Crippen LogP contribution in [-0.2, 0) is 13.0 Å². The van der Waals surface area contributed by atoms with E-state index >= 15 is 0 Å². The number of fused-ring (bicyclic) bond motifs is 1. The predicted octanol–water partition coefficient (Wildman–Crippen LogP) is 0.605. The standard InChI is InChI=1S/C11H10N6O/c18-6-8-1-2-10-9(5-8)12-7-17(10)4-3-11-13-15-16-14-11/h1-2,5-7H,3-4H2,(H,13,14,15,16). The predicted molar refractivity (Wildman–Crippen MR) is 63.0 cm³/mol. The van der Waals surface area contributed by atoms with E-state index in [-0.39, 0.29) is 0 Å². The average molecular weight is 242 g/mol. The van der Waals surface area contributed by atoms with Crippen molar-refractivity contribution in [1.29, 1.82) is 0 Å². The van der Waals surface area contributed by atoms with E-state index < -0.39 is 0 Å². The molecule has 0 saturated heterocycles. The summed E-state index contributed by atoms with van der Waals surface area (Å²) in [5, 5.41) is 13.7. The lowest BCUT2D eigenvalue weighted by molar-refractivity contribution is 0.112. The molecule has 3 aromatic rings. The minimum Gasteiger partial charge on any atom is -0.330 e. The number of benzene rings is 1. The number of tetrazole rings is 1. The van der Waals surface area contributed by atoms with Crippen LogP contribution < -0.4 is 0 Å². The Hall–Kier alpha value is -2.57. The van der Waals surface area contributed by atoms with Gasteiger partial charge in [0.05, 0.1) is 17.4 Å². The molecule has 0 bridgehead atoms. The SMILES string of the molecule is O=Cc1ccc2c(c1)ncn2CCc1nn[nH]n1. The van der Waals surface area contributed by atoms with Gasteiger partial charge in [-0.25, -0.2) is 4.98 Å². The van der Waals surface area contributed by atoms with Crippen LogP contribution in [0.1, 0.15) is 16.2 Å². The third-order valence-electron chi connectivity index (χ3n) is 2.75. The Morgan fingerprint density at radius 1 is 1.39 bits per heavy atom. The van der Waals surface area contributed by atoms with E-state index in [9.17, 15) is 4.79 Å². The van der Waals surface area contributed by atoms with Gasteiger partial charge in [0.15, 0.2) is 5.82 Å². The highest BCUT2D eigenvalue weighted by Crippen LogP contribution is 2.14. The normalized spacial score (nSPS) is 10.9. The number of aromatic amines is 1.